The highest BCUT2D eigenvalue weighted by atomic mass is 32.2. The minimum absolute atomic E-state index is 0.0430. The number of anilines is 2. The maximum atomic E-state index is 13.7. The van der Waals surface area contributed by atoms with Crippen molar-refractivity contribution in [3.05, 3.63) is 71.5 Å². The third-order valence-corrected chi connectivity index (χ3v) is 9.30. The summed E-state index contributed by atoms with van der Waals surface area (Å²) in [5, 5.41) is 7.32. The minimum Gasteiger partial charge on any atom is -0.326 e. The van der Waals surface area contributed by atoms with Crippen LogP contribution in [0.3, 0.4) is 0 Å². The zero-order valence-corrected chi connectivity index (χ0v) is 21.9. The molecule has 0 aliphatic carbocycles. The number of benzene rings is 2. The molecule has 1 aromatic heterocycles. The van der Waals surface area contributed by atoms with E-state index >= 15 is 0 Å². The number of fused-ring (bicyclic) bond motifs is 1. The first kappa shape index (κ1) is 25.2. The topological polar surface area (TPSA) is 105 Å². The Morgan fingerprint density at radius 2 is 1.76 bits per heavy atom. The van der Waals surface area contributed by atoms with Crippen LogP contribution in [0.1, 0.15) is 29.8 Å². The molecule has 37 heavy (non-hydrogen) atoms. The summed E-state index contributed by atoms with van der Waals surface area (Å²) in [4.78, 5) is 27.8. The molecule has 3 aromatic rings. The lowest BCUT2D eigenvalue weighted by atomic mass is 9.99. The Kier molecular flexibility index (Phi) is 6.87. The number of piperidine rings is 1. The molecule has 3 heterocycles. The van der Waals surface area contributed by atoms with Crippen molar-refractivity contribution in [2.75, 3.05) is 29.9 Å². The van der Waals surface area contributed by atoms with Crippen molar-refractivity contribution in [1.29, 1.82) is 0 Å². The normalized spacial score (nSPS) is 18.0. The van der Waals surface area contributed by atoms with Gasteiger partial charge < -0.3 is 10.2 Å². The molecule has 2 amide bonds. The highest BCUT2D eigenvalue weighted by Gasteiger charge is 2.37. The summed E-state index contributed by atoms with van der Waals surface area (Å²) in [5.74, 6) is -0.766. The van der Waals surface area contributed by atoms with Crippen LogP contribution in [0.4, 0.5) is 11.4 Å². The first-order chi connectivity index (χ1) is 17.8. The molecule has 1 atom stereocenters. The second-order valence-corrected chi connectivity index (χ2v) is 11.5. The van der Waals surface area contributed by atoms with E-state index in [1.165, 1.54) is 8.99 Å². The third kappa shape index (κ3) is 4.91. The fourth-order valence-corrected chi connectivity index (χ4v) is 7.18. The van der Waals surface area contributed by atoms with Gasteiger partial charge in [-0.2, -0.15) is 9.40 Å². The van der Waals surface area contributed by atoms with Gasteiger partial charge in [0.15, 0.2) is 0 Å². The average molecular weight is 522 g/mol. The summed E-state index contributed by atoms with van der Waals surface area (Å²) in [6.45, 7) is 4.33. The van der Waals surface area contributed by atoms with Gasteiger partial charge in [-0.25, -0.2) is 8.42 Å². The van der Waals surface area contributed by atoms with E-state index in [2.05, 4.69) is 10.4 Å². The third-order valence-electron chi connectivity index (χ3n) is 7.18. The molecule has 0 saturated carbocycles. The average Bonchev–Trinajstić information content (AvgIpc) is 3.45. The van der Waals surface area contributed by atoms with Gasteiger partial charge in [-0.1, -0.05) is 36.4 Å². The highest BCUT2D eigenvalue weighted by Crippen LogP contribution is 2.30. The van der Waals surface area contributed by atoms with Crippen molar-refractivity contribution in [2.24, 2.45) is 5.92 Å². The molecule has 194 valence electrons. The predicted molar refractivity (Wildman–Crippen MR) is 141 cm³/mol. The van der Waals surface area contributed by atoms with E-state index in [1.54, 1.807) is 30.9 Å². The lowest BCUT2D eigenvalue weighted by Gasteiger charge is -2.31. The molecule has 0 bridgehead atoms. The fourth-order valence-electron chi connectivity index (χ4n) is 5.29. The number of sulfonamides is 1. The number of carbonyl (C=O) groups excluding carboxylic acids is 2. The van der Waals surface area contributed by atoms with Crippen molar-refractivity contribution in [1.82, 2.24) is 14.1 Å². The van der Waals surface area contributed by atoms with E-state index in [-0.39, 0.29) is 29.8 Å². The molecule has 2 aliphatic heterocycles. The van der Waals surface area contributed by atoms with Gasteiger partial charge in [-0.3, -0.25) is 14.3 Å². The molecule has 2 aliphatic rings. The van der Waals surface area contributed by atoms with Gasteiger partial charge in [0, 0.05) is 31.0 Å². The quantitative estimate of drug-likeness (QED) is 0.537. The number of carbonyl (C=O) groups is 2. The summed E-state index contributed by atoms with van der Waals surface area (Å²) >= 11 is 0. The first-order valence-electron chi connectivity index (χ1n) is 12.5. The van der Waals surface area contributed by atoms with Crippen molar-refractivity contribution in [3.63, 3.8) is 0 Å². The van der Waals surface area contributed by atoms with Gasteiger partial charge in [0.1, 0.15) is 11.4 Å². The summed E-state index contributed by atoms with van der Waals surface area (Å²) in [7, 11) is -3.90. The number of nitrogens with zero attached hydrogens (tertiary/aromatic N) is 4. The van der Waals surface area contributed by atoms with Gasteiger partial charge in [-0.05, 0) is 56.9 Å². The lowest BCUT2D eigenvalue weighted by molar-refractivity contribution is -0.121. The molecule has 0 spiro atoms. The largest absolute Gasteiger partial charge is 0.326 e. The molecule has 1 fully saturated rings. The Labute approximate surface area is 217 Å². The molecule has 0 radical (unpaired) electrons. The second kappa shape index (κ2) is 10.1. The summed E-state index contributed by atoms with van der Waals surface area (Å²) in [6, 6.07) is 17.0. The predicted octanol–water partition coefficient (Wildman–Crippen LogP) is 3.13. The molecule has 1 saturated heterocycles. The SMILES string of the molecule is Cc1nn(CC(=O)N2CCc3ccccc32)c(C)c1S(=O)(=O)N1CCC[C@@H](C(=O)Nc2ccccc2)C1. The standard InChI is InChI=1S/C27H31N5O4S/c1-19-26(20(2)32(29-19)18-25(33)31-16-14-21-9-6-7-13-24(21)31)37(35,36)30-15-8-10-22(17-30)27(34)28-23-11-4-3-5-12-23/h3-7,9,11-13,22H,8,10,14-18H2,1-2H3,(H,28,34)/t22-/m1/s1. The van der Waals surface area contributed by atoms with Crippen LogP contribution in [-0.2, 0) is 32.6 Å². The Hall–Kier alpha value is -3.50. The van der Waals surface area contributed by atoms with Crippen LogP contribution in [0.25, 0.3) is 0 Å². The molecular formula is C27H31N5O4S. The monoisotopic (exact) mass is 521 g/mol. The van der Waals surface area contributed by atoms with Gasteiger partial charge in [0.05, 0.1) is 17.3 Å². The van der Waals surface area contributed by atoms with Crippen molar-refractivity contribution in [2.45, 2.75) is 44.6 Å². The smallest absolute Gasteiger partial charge is 0.248 e. The molecule has 0 unspecified atom stereocenters. The number of para-hydroxylation sites is 2. The van der Waals surface area contributed by atoms with E-state index in [1.807, 2.05) is 42.5 Å². The molecule has 10 heteroatoms. The fraction of sp³-hybridized carbons (Fsp3) is 0.370. The van der Waals surface area contributed by atoms with E-state index in [9.17, 15) is 18.0 Å². The number of aromatic nitrogens is 2. The molecular weight excluding hydrogens is 490 g/mol. The van der Waals surface area contributed by atoms with Crippen LogP contribution < -0.4 is 10.2 Å². The zero-order chi connectivity index (χ0) is 26.2. The van der Waals surface area contributed by atoms with Crippen molar-refractivity contribution in [3.8, 4) is 0 Å². The summed E-state index contributed by atoms with van der Waals surface area (Å²) in [6.07, 6.45) is 2.01. The van der Waals surface area contributed by atoms with E-state index in [0.717, 1.165) is 17.7 Å². The van der Waals surface area contributed by atoms with Crippen LogP contribution in [-0.4, -0.2) is 54.0 Å². The van der Waals surface area contributed by atoms with Crippen LogP contribution in [0.15, 0.2) is 59.5 Å². The summed E-state index contributed by atoms with van der Waals surface area (Å²) < 4.78 is 30.3. The number of hydrogen-bond donors (Lipinski definition) is 1. The molecule has 9 nitrogen and oxygen atoms in total. The van der Waals surface area contributed by atoms with Crippen LogP contribution in [0.5, 0.6) is 0 Å². The molecule has 1 N–H and O–H groups in total. The second-order valence-electron chi connectivity index (χ2n) is 9.64. The minimum atomic E-state index is -3.90. The van der Waals surface area contributed by atoms with Crippen LogP contribution in [0, 0.1) is 19.8 Å². The van der Waals surface area contributed by atoms with Gasteiger partial charge in [0.25, 0.3) is 0 Å². The Morgan fingerprint density at radius 1 is 1.03 bits per heavy atom. The van der Waals surface area contributed by atoms with Crippen LogP contribution >= 0.6 is 0 Å². The van der Waals surface area contributed by atoms with Crippen molar-refractivity contribution >= 4 is 33.2 Å². The molecule has 2 aromatic carbocycles. The Morgan fingerprint density at radius 3 is 2.54 bits per heavy atom. The van der Waals surface area contributed by atoms with Crippen LogP contribution in [0.2, 0.25) is 0 Å². The van der Waals surface area contributed by atoms with Gasteiger partial charge in [-0.15, -0.1) is 0 Å². The number of hydrogen-bond acceptors (Lipinski definition) is 5. The Bertz CT molecular complexity index is 1430. The number of rotatable bonds is 6. The lowest BCUT2D eigenvalue weighted by Crippen LogP contribution is -2.44. The first-order valence-corrected chi connectivity index (χ1v) is 14.0. The van der Waals surface area contributed by atoms with E-state index in [0.29, 0.717) is 43.0 Å². The van der Waals surface area contributed by atoms with Crippen molar-refractivity contribution < 1.29 is 18.0 Å². The van der Waals surface area contributed by atoms with Gasteiger partial charge >= 0.3 is 0 Å². The maximum Gasteiger partial charge on any atom is 0.248 e. The number of aryl methyl sites for hydroxylation is 1. The highest BCUT2D eigenvalue weighted by molar-refractivity contribution is 7.89. The number of nitrogens with one attached hydrogen (secondary N) is 1. The van der Waals surface area contributed by atoms with E-state index < -0.39 is 15.9 Å². The number of amides is 2. The Balaban J connectivity index is 1.32. The van der Waals surface area contributed by atoms with Gasteiger partial charge in [0.2, 0.25) is 21.8 Å². The zero-order valence-electron chi connectivity index (χ0n) is 21.1. The van der Waals surface area contributed by atoms with E-state index in [4.69, 9.17) is 0 Å². The maximum absolute atomic E-state index is 13.7. The molecule has 5 rings (SSSR count). The summed E-state index contributed by atoms with van der Waals surface area (Å²) in [5.41, 5.74) is 3.49.